The van der Waals surface area contributed by atoms with E-state index in [0.29, 0.717) is 18.1 Å². The van der Waals surface area contributed by atoms with Gasteiger partial charge in [0.15, 0.2) is 5.11 Å². The third-order valence-corrected chi connectivity index (χ3v) is 5.66. The normalized spacial score (nSPS) is 19.5. The Bertz CT molecular complexity index is 740. The number of rotatable bonds is 8. The number of likely N-dealkylation sites (N-methyl/N-ethyl adjacent to an activating group) is 1. The predicted molar refractivity (Wildman–Crippen MR) is 116 cm³/mol. The van der Waals surface area contributed by atoms with Gasteiger partial charge in [-0.2, -0.15) is 0 Å². The fourth-order valence-electron chi connectivity index (χ4n) is 3.92. The highest BCUT2D eigenvalue weighted by molar-refractivity contribution is 7.80. The van der Waals surface area contributed by atoms with Crippen molar-refractivity contribution in [2.45, 2.75) is 51.7 Å². The first kappa shape index (κ1) is 22.9. The lowest BCUT2D eigenvalue weighted by atomic mass is 10.00. The second kappa shape index (κ2) is 10.4. The lowest BCUT2D eigenvalue weighted by molar-refractivity contribution is -0.152. The molecule has 1 aliphatic carbocycles. The smallest absolute Gasteiger partial charge is 0.326 e. The zero-order valence-electron chi connectivity index (χ0n) is 17.5. The summed E-state index contributed by atoms with van der Waals surface area (Å²) in [6.07, 6.45) is 2.19. The predicted octanol–water partition coefficient (Wildman–Crippen LogP) is 2.40. The van der Waals surface area contributed by atoms with Gasteiger partial charge in [0.05, 0.1) is 7.11 Å². The number of nitrogens with one attached hydrogen (secondary N) is 2. The molecule has 0 heterocycles. The summed E-state index contributed by atoms with van der Waals surface area (Å²) in [6.45, 7) is 4.17. The second-order valence-corrected chi connectivity index (χ2v) is 8.23. The third kappa shape index (κ3) is 6.06. The van der Waals surface area contributed by atoms with Gasteiger partial charge in [-0.05, 0) is 43.5 Å². The first-order valence-electron chi connectivity index (χ1n) is 9.90. The Morgan fingerprint density at radius 1 is 1.31 bits per heavy atom. The van der Waals surface area contributed by atoms with Crippen LogP contribution in [0.15, 0.2) is 24.3 Å². The number of carboxylic acid groups (broad SMARTS) is 1. The molecule has 1 amide bonds. The number of carbonyl (C=O) groups is 2. The molecule has 1 aromatic carbocycles. The van der Waals surface area contributed by atoms with Gasteiger partial charge in [0, 0.05) is 31.1 Å². The number of para-hydroxylation sites is 1. The van der Waals surface area contributed by atoms with Crippen LogP contribution in [0, 0.1) is 11.8 Å². The van der Waals surface area contributed by atoms with E-state index in [1.54, 1.807) is 14.2 Å². The molecule has 1 fully saturated rings. The molecule has 0 spiro atoms. The second-order valence-electron chi connectivity index (χ2n) is 7.82. The molecule has 160 valence electrons. The molecule has 0 saturated heterocycles. The van der Waals surface area contributed by atoms with Crippen molar-refractivity contribution in [3.8, 4) is 5.75 Å². The first-order chi connectivity index (χ1) is 13.7. The van der Waals surface area contributed by atoms with E-state index in [9.17, 15) is 14.7 Å². The summed E-state index contributed by atoms with van der Waals surface area (Å²) in [6, 6.07) is 7.03. The van der Waals surface area contributed by atoms with Crippen molar-refractivity contribution in [3.05, 3.63) is 29.8 Å². The summed E-state index contributed by atoms with van der Waals surface area (Å²) in [5.41, 5.74) is 1.01. The summed E-state index contributed by atoms with van der Waals surface area (Å²) in [5, 5.41) is 16.4. The minimum Gasteiger partial charge on any atom is -0.496 e. The van der Waals surface area contributed by atoms with Gasteiger partial charge >= 0.3 is 5.97 Å². The van der Waals surface area contributed by atoms with Gasteiger partial charge in [0.2, 0.25) is 5.91 Å². The van der Waals surface area contributed by atoms with Crippen molar-refractivity contribution in [1.82, 2.24) is 15.5 Å². The number of thiocarbonyl (C=S) groups is 1. The number of benzene rings is 1. The molecule has 8 heteroatoms. The fourth-order valence-corrected chi connectivity index (χ4v) is 4.16. The Balaban J connectivity index is 1.85. The highest BCUT2D eigenvalue weighted by atomic mass is 32.1. The van der Waals surface area contributed by atoms with Gasteiger partial charge in [-0.1, -0.05) is 32.0 Å². The largest absolute Gasteiger partial charge is 0.496 e. The van der Waals surface area contributed by atoms with Gasteiger partial charge in [0.1, 0.15) is 11.8 Å². The number of aliphatic carboxylic acids is 1. The Kier molecular flexibility index (Phi) is 8.25. The Morgan fingerprint density at radius 3 is 2.62 bits per heavy atom. The maximum Gasteiger partial charge on any atom is 0.326 e. The molecule has 1 aromatic rings. The van der Waals surface area contributed by atoms with E-state index in [0.717, 1.165) is 24.2 Å². The van der Waals surface area contributed by atoms with Crippen LogP contribution in [-0.4, -0.2) is 53.2 Å². The summed E-state index contributed by atoms with van der Waals surface area (Å²) in [4.78, 5) is 25.7. The van der Waals surface area contributed by atoms with Crippen molar-refractivity contribution < 1.29 is 19.4 Å². The Morgan fingerprint density at radius 2 is 2.00 bits per heavy atom. The van der Waals surface area contributed by atoms with Crippen LogP contribution in [0.5, 0.6) is 5.75 Å². The number of amides is 1. The van der Waals surface area contributed by atoms with Gasteiger partial charge < -0.3 is 25.4 Å². The number of hydrogen-bond donors (Lipinski definition) is 3. The van der Waals surface area contributed by atoms with E-state index in [-0.39, 0.29) is 23.8 Å². The van der Waals surface area contributed by atoms with E-state index < -0.39 is 12.0 Å². The lowest BCUT2D eigenvalue weighted by Crippen LogP contribution is -2.48. The summed E-state index contributed by atoms with van der Waals surface area (Å²) in [5.74, 6) is -0.609. The molecule has 1 unspecified atom stereocenters. The first-order valence-corrected chi connectivity index (χ1v) is 10.3. The molecule has 3 N–H and O–H groups in total. The molecule has 0 radical (unpaired) electrons. The minimum atomic E-state index is -0.967. The zero-order chi connectivity index (χ0) is 21.6. The van der Waals surface area contributed by atoms with Crippen LogP contribution in [0.25, 0.3) is 0 Å². The maximum atomic E-state index is 12.8. The minimum absolute atomic E-state index is 0.0948. The van der Waals surface area contributed by atoms with Crippen LogP contribution in [0.1, 0.15) is 38.7 Å². The van der Waals surface area contributed by atoms with E-state index >= 15 is 0 Å². The standard InChI is InChI=1S/C21H31N3O4S/c1-13(2)18(20(26)27)24(3)19(25)14-9-10-16(11-14)23-21(29)22-12-15-7-5-6-8-17(15)28-4/h5-8,13-14,16,18H,9-12H2,1-4H3,(H,26,27)(H2,22,23,29)/t14-,16-,18?/m0/s1. The van der Waals surface area contributed by atoms with Crippen LogP contribution in [-0.2, 0) is 16.1 Å². The molecule has 29 heavy (non-hydrogen) atoms. The van der Waals surface area contributed by atoms with Crippen molar-refractivity contribution in [1.29, 1.82) is 0 Å². The van der Waals surface area contributed by atoms with Crippen LogP contribution in [0.3, 0.4) is 0 Å². The molecule has 7 nitrogen and oxygen atoms in total. The van der Waals surface area contributed by atoms with E-state index in [2.05, 4.69) is 10.6 Å². The van der Waals surface area contributed by atoms with Crippen molar-refractivity contribution >= 4 is 29.2 Å². The fraction of sp³-hybridized carbons (Fsp3) is 0.571. The van der Waals surface area contributed by atoms with Gasteiger partial charge in [0.25, 0.3) is 0 Å². The van der Waals surface area contributed by atoms with Crippen molar-refractivity contribution in [3.63, 3.8) is 0 Å². The number of carbonyl (C=O) groups excluding carboxylic acids is 1. The molecular weight excluding hydrogens is 390 g/mol. The third-order valence-electron chi connectivity index (χ3n) is 5.40. The molecule has 2 rings (SSSR count). The van der Waals surface area contributed by atoms with E-state index in [4.69, 9.17) is 17.0 Å². The maximum absolute atomic E-state index is 12.8. The van der Waals surface area contributed by atoms with Crippen LogP contribution < -0.4 is 15.4 Å². The SMILES string of the molecule is COc1ccccc1CNC(=S)N[C@H]1CC[C@H](C(=O)N(C)C(C(=O)O)C(C)C)C1. The summed E-state index contributed by atoms with van der Waals surface area (Å²) < 4.78 is 5.34. The average Bonchev–Trinajstić information content (AvgIpc) is 3.13. The number of carboxylic acids is 1. The van der Waals surface area contributed by atoms with Gasteiger partial charge in [-0.25, -0.2) is 4.79 Å². The zero-order valence-corrected chi connectivity index (χ0v) is 18.3. The Labute approximate surface area is 177 Å². The number of nitrogens with zero attached hydrogens (tertiary/aromatic N) is 1. The van der Waals surface area contributed by atoms with Crippen LogP contribution >= 0.6 is 12.2 Å². The highest BCUT2D eigenvalue weighted by Crippen LogP contribution is 2.28. The number of hydrogen-bond acceptors (Lipinski definition) is 4. The van der Waals surface area contributed by atoms with Crippen molar-refractivity contribution in [2.24, 2.45) is 11.8 Å². The number of ether oxygens (including phenoxy) is 1. The Hall–Kier alpha value is -2.35. The molecule has 0 aromatic heterocycles. The van der Waals surface area contributed by atoms with Gasteiger partial charge in [-0.15, -0.1) is 0 Å². The van der Waals surface area contributed by atoms with E-state index in [1.165, 1.54) is 4.90 Å². The van der Waals surface area contributed by atoms with Gasteiger partial charge in [-0.3, -0.25) is 4.79 Å². The molecular formula is C21H31N3O4S. The number of methoxy groups -OCH3 is 1. The molecule has 1 aliphatic rings. The molecule has 0 aliphatic heterocycles. The quantitative estimate of drug-likeness (QED) is 0.555. The van der Waals surface area contributed by atoms with Crippen LogP contribution in [0.2, 0.25) is 0 Å². The average molecular weight is 422 g/mol. The monoisotopic (exact) mass is 421 g/mol. The highest BCUT2D eigenvalue weighted by Gasteiger charge is 2.37. The summed E-state index contributed by atoms with van der Waals surface area (Å²) in [7, 11) is 3.22. The molecule has 0 bridgehead atoms. The van der Waals surface area contributed by atoms with E-state index in [1.807, 2.05) is 38.1 Å². The topological polar surface area (TPSA) is 90.9 Å². The van der Waals surface area contributed by atoms with Crippen LogP contribution in [0.4, 0.5) is 0 Å². The lowest BCUT2D eigenvalue weighted by Gasteiger charge is -2.30. The van der Waals surface area contributed by atoms with Crippen molar-refractivity contribution in [2.75, 3.05) is 14.2 Å². The summed E-state index contributed by atoms with van der Waals surface area (Å²) >= 11 is 5.40. The molecule has 3 atom stereocenters. The molecule has 1 saturated carbocycles.